The summed E-state index contributed by atoms with van der Waals surface area (Å²) in [6.45, 7) is 2.71. The lowest BCUT2D eigenvalue weighted by molar-refractivity contribution is -0.117. The summed E-state index contributed by atoms with van der Waals surface area (Å²) < 4.78 is 0. The van der Waals surface area contributed by atoms with Gasteiger partial charge in [-0.25, -0.2) is 4.99 Å². The van der Waals surface area contributed by atoms with Crippen LogP contribution in [0.15, 0.2) is 29.3 Å². The number of fused-ring (bicyclic) bond motifs is 1. The maximum atomic E-state index is 12.3. The summed E-state index contributed by atoms with van der Waals surface area (Å²) in [4.78, 5) is 20.5. The van der Waals surface area contributed by atoms with Gasteiger partial charge in [-0.3, -0.25) is 4.79 Å². The third-order valence-corrected chi connectivity index (χ3v) is 4.84. The summed E-state index contributed by atoms with van der Waals surface area (Å²) in [7, 11) is 0. The Morgan fingerprint density at radius 2 is 2.00 bits per heavy atom. The van der Waals surface area contributed by atoms with Gasteiger partial charge in [-0.05, 0) is 18.1 Å². The zero-order chi connectivity index (χ0) is 14.7. The second-order valence-electron chi connectivity index (χ2n) is 5.20. The third kappa shape index (κ3) is 3.15. The minimum absolute atomic E-state index is 0.0225. The first kappa shape index (κ1) is 14.3. The van der Waals surface area contributed by atoms with Gasteiger partial charge >= 0.3 is 0 Å². The first-order valence-corrected chi connectivity index (χ1v) is 8.42. The second-order valence-corrected chi connectivity index (χ2v) is 6.42. The van der Waals surface area contributed by atoms with Crippen LogP contribution in [0, 0.1) is 0 Å². The number of nitrogens with two attached hydrogens (primary N) is 1. The quantitative estimate of drug-likeness (QED) is 0.652. The number of hydrogen-bond acceptors (Lipinski definition) is 3. The molecule has 1 aromatic carbocycles. The first-order chi connectivity index (χ1) is 10.3. The third-order valence-electron chi connectivity index (χ3n) is 3.90. The number of guanidine groups is 1. The number of carbonyl (C=O) groups is 1. The van der Waals surface area contributed by atoms with E-state index in [9.17, 15) is 4.79 Å². The summed E-state index contributed by atoms with van der Waals surface area (Å²) in [6.07, 6.45) is 0.921. The van der Waals surface area contributed by atoms with Crippen LogP contribution < -0.4 is 10.6 Å². The van der Waals surface area contributed by atoms with E-state index in [0.29, 0.717) is 5.96 Å². The number of aliphatic imine (C=N–C) groups is 1. The van der Waals surface area contributed by atoms with E-state index in [1.165, 1.54) is 5.56 Å². The van der Waals surface area contributed by atoms with Crippen molar-refractivity contribution in [1.29, 1.82) is 0 Å². The van der Waals surface area contributed by atoms with Gasteiger partial charge in [-0.2, -0.15) is 11.8 Å². The summed E-state index contributed by atoms with van der Waals surface area (Å²) in [6, 6.07) is 8.05. The number of rotatable bonds is 2. The number of benzene rings is 1. The fourth-order valence-corrected chi connectivity index (χ4v) is 3.63. The van der Waals surface area contributed by atoms with Crippen molar-refractivity contribution in [1.82, 2.24) is 4.90 Å². The summed E-state index contributed by atoms with van der Waals surface area (Å²) in [5.74, 6) is 2.67. The van der Waals surface area contributed by atoms with Crippen LogP contribution in [0.4, 0.5) is 5.69 Å². The van der Waals surface area contributed by atoms with Crippen LogP contribution in [0.5, 0.6) is 0 Å². The number of nitrogens with zero attached hydrogens (tertiary/aromatic N) is 3. The molecule has 3 rings (SSSR count). The Labute approximate surface area is 129 Å². The monoisotopic (exact) mass is 304 g/mol. The molecule has 6 heteroatoms. The van der Waals surface area contributed by atoms with E-state index in [1.807, 2.05) is 34.9 Å². The Hall–Kier alpha value is -1.69. The molecule has 0 saturated carbocycles. The molecule has 0 radical (unpaired) electrons. The molecule has 112 valence electrons. The van der Waals surface area contributed by atoms with Gasteiger partial charge < -0.3 is 15.5 Å². The van der Waals surface area contributed by atoms with Crippen molar-refractivity contribution in [2.75, 3.05) is 42.6 Å². The zero-order valence-corrected chi connectivity index (χ0v) is 12.8. The van der Waals surface area contributed by atoms with Gasteiger partial charge in [0.1, 0.15) is 6.54 Å². The highest BCUT2D eigenvalue weighted by atomic mass is 32.2. The average molecular weight is 304 g/mol. The molecule has 0 aromatic heterocycles. The van der Waals surface area contributed by atoms with Crippen molar-refractivity contribution in [3.05, 3.63) is 29.8 Å². The van der Waals surface area contributed by atoms with Crippen molar-refractivity contribution in [2.24, 2.45) is 10.7 Å². The predicted molar refractivity (Wildman–Crippen MR) is 87.9 cm³/mol. The molecule has 0 atom stereocenters. The van der Waals surface area contributed by atoms with Crippen molar-refractivity contribution in [2.45, 2.75) is 6.42 Å². The molecule has 21 heavy (non-hydrogen) atoms. The molecule has 1 fully saturated rings. The van der Waals surface area contributed by atoms with Gasteiger partial charge in [0.2, 0.25) is 5.91 Å². The molecule has 1 saturated heterocycles. The van der Waals surface area contributed by atoms with Crippen LogP contribution in [-0.4, -0.2) is 54.5 Å². The van der Waals surface area contributed by atoms with Crippen molar-refractivity contribution < 1.29 is 4.79 Å². The van der Waals surface area contributed by atoms with E-state index >= 15 is 0 Å². The molecule has 0 unspecified atom stereocenters. The zero-order valence-electron chi connectivity index (χ0n) is 12.0. The Kier molecular flexibility index (Phi) is 4.34. The highest BCUT2D eigenvalue weighted by Gasteiger charge is 2.23. The molecule has 0 bridgehead atoms. The summed E-state index contributed by atoms with van der Waals surface area (Å²) in [5, 5.41) is 0. The number of para-hydroxylation sites is 1. The van der Waals surface area contributed by atoms with Crippen LogP contribution in [0.2, 0.25) is 0 Å². The molecular weight excluding hydrogens is 284 g/mol. The van der Waals surface area contributed by atoms with E-state index in [2.05, 4.69) is 16.0 Å². The maximum absolute atomic E-state index is 12.3. The molecule has 0 spiro atoms. The Bertz CT molecular complexity index is 554. The molecule has 1 aromatic rings. The summed E-state index contributed by atoms with van der Waals surface area (Å²) >= 11 is 1.93. The number of thioether (sulfide) groups is 1. The number of hydrogen-bond donors (Lipinski definition) is 1. The second kappa shape index (κ2) is 6.39. The standard InChI is InChI=1S/C15H20N4OS/c16-15(18-7-9-21-10-8-18)17-11-14(20)19-6-5-12-3-1-2-4-13(12)19/h1-4H,5-11H2,(H2,16,17). The fourth-order valence-electron chi connectivity index (χ4n) is 2.72. The normalized spacial score (nSPS) is 18.8. The molecule has 5 nitrogen and oxygen atoms in total. The predicted octanol–water partition coefficient (Wildman–Crippen LogP) is 0.939. The molecule has 1 amide bonds. The van der Waals surface area contributed by atoms with Crippen LogP contribution in [0.1, 0.15) is 5.56 Å². The Morgan fingerprint density at radius 1 is 1.24 bits per heavy atom. The fraction of sp³-hybridized carbons (Fsp3) is 0.467. The van der Waals surface area contributed by atoms with Crippen LogP contribution in [0.3, 0.4) is 0 Å². The largest absolute Gasteiger partial charge is 0.370 e. The Morgan fingerprint density at radius 3 is 2.81 bits per heavy atom. The number of amides is 1. The molecular formula is C15H20N4OS. The van der Waals surface area contributed by atoms with Gasteiger partial charge in [0, 0.05) is 36.8 Å². The van der Waals surface area contributed by atoms with Crippen LogP contribution >= 0.6 is 11.8 Å². The highest BCUT2D eigenvalue weighted by molar-refractivity contribution is 7.99. The van der Waals surface area contributed by atoms with Gasteiger partial charge in [0.25, 0.3) is 0 Å². The van der Waals surface area contributed by atoms with Gasteiger partial charge in [-0.15, -0.1) is 0 Å². The van der Waals surface area contributed by atoms with E-state index in [1.54, 1.807) is 0 Å². The molecule has 2 aliphatic rings. The lowest BCUT2D eigenvalue weighted by atomic mass is 10.2. The number of anilines is 1. The highest BCUT2D eigenvalue weighted by Crippen LogP contribution is 2.27. The Balaban J connectivity index is 1.62. The van der Waals surface area contributed by atoms with E-state index in [-0.39, 0.29) is 12.5 Å². The smallest absolute Gasteiger partial charge is 0.248 e. The number of carbonyl (C=O) groups excluding carboxylic acids is 1. The van der Waals surface area contributed by atoms with Crippen molar-refractivity contribution in [3.63, 3.8) is 0 Å². The van der Waals surface area contributed by atoms with E-state index < -0.39 is 0 Å². The molecule has 2 heterocycles. The van der Waals surface area contributed by atoms with Crippen LogP contribution in [-0.2, 0) is 11.2 Å². The van der Waals surface area contributed by atoms with Crippen molar-refractivity contribution >= 4 is 29.3 Å². The first-order valence-electron chi connectivity index (χ1n) is 7.26. The average Bonchev–Trinajstić information content (AvgIpc) is 2.97. The lowest BCUT2D eigenvalue weighted by Gasteiger charge is -2.27. The minimum atomic E-state index is 0.0225. The topological polar surface area (TPSA) is 61.9 Å². The van der Waals surface area contributed by atoms with E-state index in [0.717, 1.165) is 43.2 Å². The van der Waals surface area contributed by atoms with Gasteiger partial charge in [0.15, 0.2) is 5.96 Å². The van der Waals surface area contributed by atoms with Gasteiger partial charge in [0.05, 0.1) is 0 Å². The maximum Gasteiger partial charge on any atom is 0.248 e. The van der Waals surface area contributed by atoms with Crippen molar-refractivity contribution in [3.8, 4) is 0 Å². The SMILES string of the molecule is NC(=NCC(=O)N1CCc2ccccc21)N1CCSCC1. The molecule has 0 aliphatic carbocycles. The molecule has 2 N–H and O–H groups in total. The van der Waals surface area contributed by atoms with E-state index in [4.69, 9.17) is 5.73 Å². The van der Waals surface area contributed by atoms with Gasteiger partial charge in [-0.1, -0.05) is 18.2 Å². The minimum Gasteiger partial charge on any atom is -0.370 e. The molecule has 2 aliphatic heterocycles. The summed E-state index contributed by atoms with van der Waals surface area (Å²) in [5.41, 5.74) is 8.24. The van der Waals surface area contributed by atoms with Crippen LogP contribution in [0.25, 0.3) is 0 Å². The lowest BCUT2D eigenvalue weighted by Crippen LogP contribution is -2.43.